The summed E-state index contributed by atoms with van der Waals surface area (Å²) in [6.07, 6.45) is 12.3. The number of nitrogens with one attached hydrogen (secondary N) is 1. The zero-order valence-corrected chi connectivity index (χ0v) is 19.7. The lowest BCUT2D eigenvalue weighted by molar-refractivity contribution is 0.374. The van der Waals surface area contributed by atoms with Crippen molar-refractivity contribution < 1.29 is 27.4 Å². The number of sulfonamides is 1. The fourth-order valence-corrected chi connectivity index (χ4v) is 3.84. The molecule has 0 fully saturated rings. The predicted octanol–water partition coefficient (Wildman–Crippen LogP) is 3.21. The van der Waals surface area contributed by atoms with Gasteiger partial charge in [-0.1, -0.05) is 11.8 Å². The summed E-state index contributed by atoms with van der Waals surface area (Å²) in [7, 11) is 2.05. The Morgan fingerprint density at radius 2 is 1.48 bits per heavy atom. The summed E-state index contributed by atoms with van der Waals surface area (Å²) in [6.45, 7) is 0.460. The van der Waals surface area contributed by atoms with Crippen LogP contribution in [0.2, 0.25) is 0 Å². The Balaban J connectivity index is 2.39. The first-order chi connectivity index (χ1) is 15.8. The molecule has 0 aliphatic heterocycles. The lowest BCUT2D eigenvalue weighted by Crippen LogP contribution is -2.24. The molecule has 174 valence electrons. The van der Waals surface area contributed by atoms with Crippen molar-refractivity contribution in [2.75, 3.05) is 51.2 Å². The smallest absolute Gasteiger partial charge is 0.255 e. The first kappa shape index (κ1) is 25.3. The van der Waals surface area contributed by atoms with E-state index in [4.69, 9.17) is 31.8 Å². The molecule has 8 nitrogen and oxygen atoms in total. The fraction of sp³-hybridized carbons (Fsp3) is 0.250. The Morgan fingerprint density at radius 3 is 1.97 bits per heavy atom. The molecule has 0 amide bonds. The molecule has 33 heavy (non-hydrogen) atoms. The molecule has 1 N–H and O–H groups in total. The minimum atomic E-state index is -3.90. The van der Waals surface area contributed by atoms with Gasteiger partial charge in [-0.2, -0.15) is 0 Å². The van der Waals surface area contributed by atoms with Crippen LogP contribution in [0.5, 0.6) is 23.0 Å². The summed E-state index contributed by atoms with van der Waals surface area (Å²) in [4.78, 5) is 1.72. The largest absolute Gasteiger partial charge is 0.496 e. The zero-order valence-electron chi connectivity index (χ0n) is 18.9. The molecule has 2 rings (SSSR count). The van der Waals surface area contributed by atoms with E-state index < -0.39 is 10.0 Å². The zero-order chi connectivity index (χ0) is 24.4. The highest BCUT2D eigenvalue weighted by Gasteiger charge is 2.15. The fourth-order valence-electron chi connectivity index (χ4n) is 3.00. The highest BCUT2D eigenvalue weighted by atomic mass is 32.2. The van der Waals surface area contributed by atoms with Crippen LogP contribution in [0.15, 0.2) is 35.7 Å². The van der Waals surface area contributed by atoms with Gasteiger partial charge in [0.2, 0.25) is 0 Å². The molecule has 0 saturated carbocycles. The van der Waals surface area contributed by atoms with Gasteiger partial charge in [0.25, 0.3) is 10.0 Å². The topological polar surface area (TPSA) is 86.3 Å². The lowest BCUT2D eigenvalue weighted by atomic mass is 10.1. The van der Waals surface area contributed by atoms with Crippen LogP contribution in [0.25, 0.3) is 6.08 Å². The van der Waals surface area contributed by atoms with Crippen LogP contribution in [0, 0.1) is 24.7 Å². The van der Waals surface area contributed by atoms with Crippen LogP contribution in [-0.2, 0) is 10.0 Å². The minimum absolute atomic E-state index is 0.230. The number of rotatable bonds is 11. The summed E-state index contributed by atoms with van der Waals surface area (Å²) in [6, 6.07) is 8.07. The third kappa shape index (κ3) is 6.52. The molecule has 0 radical (unpaired) electrons. The van der Waals surface area contributed by atoms with Gasteiger partial charge in [-0.05, 0) is 24.3 Å². The Bertz CT molecular complexity index is 1150. The number of hydrogen-bond donors (Lipinski definition) is 1. The summed E-state index contributed by atoms with van der Waals surface area (Å²) in [5.41, 5.74) is 1.31. The third-order valence-electron chi connectivity index (χ3n) is 4.51. The van der Waals surface area contributed by atoms with Gasteiger partial charge in [0, 0.05) is 12.1 Å². The summed E-state index contributed by atoms with van der Waals surface area (Å²) in [5.74, 6) is 6.86. The van der Waals surface area contributed by atoms with Crippen molar-refractivity contribution in [3.63, 3.8) is 0 Å². The Labute approximate surface area is 195 Å². The van der Waals surface area contributed by atoms with E-state index in [-0.39, 0.29) is 13.1 Å². The van der Waals surface area contributed by atoms with Crippen LogP contribution in [0.4, 0.5) is 11.4 Å². The molecule has 9 heteroatoms. The number of hydrogen-bond acceptors (Lipinski definition) is 7. The van der Waals surface area contributed by atoms with Crippen molar-refractivity contribution in [2.24, 2.45) is 0 Å². The number of ether oxygens (including phenoxy) is 4. The van der Waals surface area contributed by atoms with Gasteiger partial charge in [-0.15, -0.1) is 12.8 Å². The second-order valence-electron chi connectivity index (χ2n) is 6.55. The molecule has 0 bridgehead atoms. The van der Waals surface area contributed by atoms with Crippen LogP contribution in [0.1, 0.15) is 5.56 Å². The number of terminal acetylenes is 2. The van der Waals surface area contributed by atoms with Crippen LogP contribution in [0.3, 0.4) is 0 Å². The van der Waals surface area contributed by atoms with Crippen molar-refractivity contribution >= 4 is 27.5 Å². The molecule has 2 aromatic rings. The van der Waals surface area contributed by atoms with Gasteiger partial charge in [-0.3, -0.25) is 4.72 Å². The molecular formula is C24H26N2O6S. The molecule has 0 aliphatic rings. The summed E-state index contributed by atoms with van der Waals surface area (Å²) >= 11 is 0. The molecule has 0 aromatic heterocycles. The molecule has 0 saturated heterocycles. The SMILES string of the molecule is C#CCN(CC#C)c1cc(NS(=O)(=O)/C=C/c2c(OC)cc(OC)cc2OC)ccc1OC. The minimum Gasteiger partial charge on any atom is -0.496 e. The van der Waals surface area contributed by atoms with Gasteiger partial charge < -0.3 is 23.8 Å². The van der Waals surface area contributed by atoms with E-state index in [1.807, 2.05) is 0 Å². The number of methoxy groups -OCH3 is 4. The molecule has 2 aromatic carbocycles. The average molecular weight is 471 g/mol. The quantitative estimate of drug-likeness (QED) is 0.505. The van der Waals surface area contributed by atoms with E-state index >= 15 is 0 Å². The summed E-state index contributed by atoms with van der Waals surface area (Å²) in [5, 5.41) is 1.02. The first-order valence-electron chi connectivity index (χ1n) is 9.63. The van der Waals surface area contributed by atoms with Crippen molar-refractivity contribution in [3.8, 4) is 47.7 Å². The van der Waals surface area contributed by atoms with Gasteiger partial charge in [-0.25, -0.2) is 8.42 Å². The van der Waals surface area contributed by atoms with Crippen molar-refractivity contribution in [3.05, 3.63) is 41.3 Å². The van der Waals surface area contributed by atoms with E-state index in [2.05, 4.69) is 16.6 Å². The second kappa shape index (κ2) is 11.6. The maximum atomic E-state index is 12.8. The highest BCUT2D eigenvalue weighted by Crippen LogP contribution is 2.35. The molecule has 0 heterocycles. The third-order valence-corrected chi connectivity index (χ3v) is 5.53. The predicted molar refractivity (Wildman–Crippen MR) is 131 cm³/mol. The van der Waals surface area contributed by atoms with Gasteiger partial charge >= 0.3 is 0 Å². The molecule has 0 unspecified atom stereocenters. The molecule has 0 atom stereocenters. The van der Waals surface area contributed by atoms with Crippen LogP contribution in [-0.4, -0.2) is 49.9 Å². The summed E-state index contributed by atoms with van der Waals surface area (Å²) < 4.78 is 49.3. The van der Waals surface area contributed by atoms with Crippen LogP contribution >= 0.6 is 0 Å². The molecular weight excluding hydrogens is 444 g/mol. The van der Waals surface area contributed by atoms with E-state index in [1.165, 1.54) is 34.5 Å². The molecule has 0 aliphatic carbocycles. The van der Waals surface area contributed by atoms with Crippen molar-refractivity contribution in [1.29, 1.82) is 0 Å². The Hall–Kier alpha value is -3.95. The lowest BCUT2D eigenvalue weighted by Gasteiger charge is -2.23. The maximum Gasteiger partial charge on any atom is 0.255 e. The van der Waals surface area contributed by atoms with Crippen molar-refractivity contribution in [1.82, 2.24) is 0 Å². The van der Waals surface area contributed by atoms with E-state index in [0.717, 1.165) is 5.41 Å². The Morgan fingerprint density at radius 1 is 0.909 bits per heavy atom. The van der Waals surface area contributed by atoms with Gasteiger partial charge in [0.05, 0.1) is 63.9 Å². The maximum absolute atomic E-state index is 12.8. The monoisotopic (exact) mass is 470 g/mol. The Kier molecular flexibility index (Phi) is 8.90. The highest BCUT2D eigenvalue weighted by molar-refractivity contribution is 7.95. The average Bonchev–Trinajstić information content (AvgIpc) is 2.81. The van der Waals surface area contributed by atoms with Gasteiger partial charge in [0.15, 0.2) is 0 Å². The number of benzene rings is 2. The van der Waals surface area contributed by atoms with Crippen molar-refractivity contribution in [2.45, 2.75) is 0 Å². The van der Waals surface area contributed by atoms with E-state index in [1.54, 1.807) is 35.2 Å². The first-order valence-corrected chi connectivity index (χ1v) is 11.2. The number of anilines is 2. The number of nitrogens with zero attached hydrogens (tertiary/aromatic N) is 1. The van der Waals surface area contributed by atoms with Crippen LogP contribution < -0.4 is 28.6 Å². The van der Waals surface area contributed by atoms with Gasteiger partial charge in [0.1, 0.15) is 23.0 Å². The van der Waals surface area contributed by atoms with E-state index in [0.29, 0.717) is 39.9 Å². The van der Waals surface area contributed by atoms with E-state index in [9.17, 15) is 8.42 Å². The normalized spacial score (nSPS) is 10.7. The molecule has 0 spiro atoms. The second-order valence-corrected chi connectivity index (χ2v) is 8.11. The standard InChI is InChI=1S/C24H26N2O6S/c1-7-12-26(13-8-2)21-15-18(9-10-22(21)30-4)25-33(27,28)14-11-20-23(31-5)16-19(29-3)17-24(20)32-6/h1-2,9-11,14-17,25H,12-13H2,3-6H3/b14-11+.